The van der Waals surface area contributed by atoms with E-state index in [-0.39, 0.29) is 0 Å². The van der Waals surface area contributed by atoms with Gasteiger partial charge < -0.3 is 17.7 Å². The maximum absolute atomic E-state index is 5.95. The third-order valence-electron chi connectivity index (χ3n) is 4.21. The van der Waals surface area contributed by atoms with Crippen LogP contribution in [0.5, 0.6) is 0 Å². The van der Waals surface area contributed by atoms with Gasteiger partial charge in [0.1, 0.15) is 0 Å². The van der Waals surface area contributed by atoms with Gasteiger partial charge >= 0.3 is 17.1 Å². The van der Waals surface area contributed by atoms with Crippen LogP contribution in [-0.2, 0) is 17.7 Å². The molecular formula is C17H24O4Si2. The summed E-state index contributed by atoms with van der Waals surface area (Å²) in [5.41, 5.74) is 0.619. The number of rotatable bonds is 8. The highest BCUT2D eigenvalue weighted by Crippen LogP contribution is 2.23. The summed E-state index contributed by atoms with van der Waals surface area (Å²) in [6.07, 6.45) is 0. The molecule has 6 heteroatoms. The predicted molar refractivity (Wildman–Crippen MR) is 96.5 cm³/mol. The minimum atomic E-state index is -2.67. The molecule has 0 aliphatic carbocycles. The van der Waals surface area contributed by atoms with Gasteiger partial charge in [0.15, 0.2) is 0 Å². The van der Waals surface area contributed by atoms with E-state index in [1.54, 1.807) is 28.4 Å². The smallest absolute Gasteiger partial charge is 0.374 e. The number of hydrogen-bond donors (Lipinski definition) is 0. The van der Waals surface area contributed by atoms with Crippen molar-refractivity contribution in [1.29, 1.82) is 0 Å². The molecule has 0 radical (unpaired) electrons. The van der Waals surface area contributed by atoms with Crippen LogP contribution in [0.1, 0.15) is 0 Å². The summed E-state index contributed by atoms with van der Waals surface area (Å²) in [4.78, 5) is 0. The fraction of sp³-hybridized carbons (Fsp3) is 0.294. The number of hydrogen-bond acceptors (Lipinski definition) is 4. The van der Waals surface area contributed by atoms with Crippen molar-refractivity contribution in [2.24, 2.45) is 0 Å². The van der Waals surface area contributed by atoms with E-state index in [1.807, 2.05) is 36.4 Å². The highest BCUT2D eigenvalue weighted by Gasteiger charge is 2.52. The first kappa shape index (κ1) is 18.1. The molecule has 2 aromatic rings. The third-order valence-corrected chi connectivity index (χ3v) is 13.0. The van der Waals surface area contributed by atoms with Crippen LogP contribution in [0, 0.1) is 0 Å². The molecule has 0 spiro atoms. The summed E-state index contributed by atoms with van der Waals surface area (Å²) >= 11 is 0. The summed E-state index contributed by atoms with van der Waals surface area (Å²) in [7, 11) is 1.49. The Morgan fingerprint density at radius 2 is 0.870 bits per heavy atom. The first-order valence-corrected chi connectivity index (χ1v) is 11.5. The first-order chi connectivity index (χ1) is 11.2. The molecule has 23 heavy (non-hydrogen) atoms. The van der Waals surface area contributed by atoms with Crippen LogP contribution in [0.2, 0.25) is 5.67 Å². The van der Waals surface area contributed by atoms with E-state index in [9.17, 15) is 0 Å². The lowest BCUT2D eigenvalue weighted by Gasteiger charge is -2.36. The molecule has 0 aromatic heterocycles. The molecule has 0 amide bonds. The highest BCUT2D eigenvalue weighted by atomic mass is 28.4. The van der Waals surface area contributed by atoms with Gasteiger partial charge in [-0.2, -0.15) is 0 Å². The van der Waals surface area contributed by atoms with E-state index in [1.165, 1.54) is 0 Å². The molecule has 0 unspecified atom stereocenters. The topological polar surface area (TPSA) is 36.9 Å². The Kier molecular flexibility index (Phi) is 6.28. The summed E-state index contributed by atoms with van der Waals surface area (Å²) in [5.74, 6) is 0. The Balaban J connectivity index is 2.48. The Morgan fingerprint density at radius 1 is 0.565 bits per heavy atom. The summed E-state index contributed by atoms with van der Waals surface area (Å²) in [5, 5.41) is 2.15. The highest BCUT2D eigenvalue weighted by molar-refractivity contribution is 6.97. The van der Waals surface area contributed by atoms with Crippen LogP contribution in [0.3, 0.4) is 0 Å². The van der Waals surface area contributed by atoms with Crippen LogP contribution in [0.4, 0.5) is 0 Å². The molecule has 0 saturated heterocycles. The minimum absolute atomic E-state index is 0.619. The van der Waals surface area contributed by atoms with E-state index >= 15 is 0 Å². The third kappa shape index (κ3) is 3.63. The van der Waals surface area contributed by atoms with Crippen LogP contribution in [0.15, 0.2) is 60.7 Å². The van der Waals surface area contributed by atoms with Crippen molar-refractivity contribution in [3.8, 4) is 0 Å². The normalized spacial score (nSPS) is 12.3. The summed E-state index contributed by atoms with van der Waals surface area (Å²) < 4.78 is 23.8. The lowest BCUT2D eigenvalue weighted by Crippen LogP contribution is -2.64. The van der Waals surface area contributed by atoms with Crippen molar-refractivity contribution in [3.63, 3.8) is 0 Å². The van der Waals surface area contributed by atoms with Crippen LogP contribution in [-0.4, -0.2) is 45.6 Å². The fourth-order valence-corrected chi connectivity index (χ4v) is 11.9. The molecule has 0 saturated carbocycles. The van der Waals surface area contributed by atoms with Gasteiger partial charge in [-0.05, 0) is 10.4 Å². The van der Waals surface area contributed by atoms with E-state index in [4.69, 9.17) is 17.7 Å². The molecule has 2 aromatic carbocycles. The quantitative estimate of drug-likeness (QED) is 0.682. The lowest BCUT2D eigenvalue weighted by atomic mass is 10.4. The Bertz CT molecular complexity index is 531. The van der Waals surface area contributed by atoms with Gasteiger partial charge in [0, 0.05) is 34.1 Å². The van der Waals surface area contributed by atoms with E-state index in [0.717, 1.165) is 10.4 Å². The van der Waals surface area contributed by atoms with Gasteiger partial charge in [-0.25, -0.2) is 0 Å². The summed E-state index contributed by atoms with van der Waals surface area (Å²) in [6.45, 7) is 0. The molecule has 0 atom stereocenters. The van der Waals surface area contributed by atoms with Crippen molar-refractivity contribution in [2.75, 3.05) is 28.4 Å². The minimum Gasteiger partial charge on any atom is -0.394 e. The van der Waals surface area contributed by atoms with Crippen LogP contribution < -0.4 is 10.4 Å². The average Bonchev–Trinajstić information content (AvgIpc) is 2.65. The Labute approximate surface area is 140 Å². The van der Waals surface area contributed by atoms with Crippen molar-refractivity contribution >= 4 is 27.5 Å². The monoisotopic (exact) mass is 348 g/mol. The van der Waals surface area contributed by atoms with E-state index < -0.39 is 17.1 Å². The van der Waals surface area contributed by atoms with Gasteiger partial charge in [0.2, 0.25) is 0 Å². The lowest BCUT2D eigenvalue weighted by molar-refractivity contribution is 0.235. The van der Waals surface area contributed by atoms with Crippen molar-refractivity contribution < 1.29 is 17.7 Å². The SMILES string of the molecule is CO[Si](C[Si](OC)(OC)c1ccccc1)(OC)c1ccccc1. The van der Waals surface area contributed by atoms with Gasteiger partial charge in [0.05, 0.1) is 0 Å². The molecule has 0 heterocycles. The molecule has 0 fully saturated rings. The zero-order valence-electron chi connectivity index (χ0n) is 14.1. The van der Waals surface area contributed by atoms with Gasteiger partial charge in [-0.3, -0.25) is 0 Å². The second kappa shape index (κ2) is 8.00. The van der Waals surface area contributed by atoms with Gasteiger partial charge in [0.25, 0.3) is 0 Å². The predicted octanol–water partition coefficient (Wildman–Crippen LogP) is 1.81. The molecule has 4 nitrogen and oxygen atoms in total. The average molecular weight is 349 g/mol. The molecule has 2 rings (SSSR count). The standard InChI is InChI=1S/C17H24O4Si2/c1-18-22(19-2,16-11-7-5-8-12-16)15-23(20-3,21-4)17-13-9-6-10-14-17/h5-14H,15H2,1-4H3. The zero-order valence-corrected chi connectivity index (χ0v) is 16.1. The zero-order chi connectivity index (χ0) is 16.8. The molecule has 124 valence electrons. The van der Waals surface area contributed by atoms with Crippen LogP contribution >= 0.6 is 0 Å². The largest absolute Gasteiger partial charge is 0.394 e. The van der Waals surface area contributed by atoms with Crippen molar-refractivity contribution in [2.45, 2.75) is 5.67 Å². The van der Waals surface area contributed by atoms with Gasteiger partial charge in [-0.15, -0.1) is 0 Å². The summed E-state index contributed by atoms with van der Waals surface area (Å²) in [6, 6.07) is 20.2. The fourth-order valence-electron chi connectivity index (χ4n) is 2.82. The second-order valence-corrected chi connectivity index (χ2v) is 12.4. The maximum atomic E-state index is 5.95. The molecular weight excluding hydrogens is 324 g/mol. The van der Waals surface area contributed by atoms with E-state index in [0.29, 0.717) is 5.67 Å². The van der Waals surface area contributed by atoms with Gasteiger partial charge in [-0.1, -0.05) is 60.7 Å². The van der Waals surface area contributed by atoms with Crippen LogP contribution in [0.25, 0.3) is 0 Å². The number of benzene rings is 2. The first-order valence-electron chi connectivity index (χ1n) is 7.48. The van der Waals surface area contributed by atoms with Crippen molar-refractivity contribution in [3.05, 3.63) is 60.7 Å². The molecule has 0 bridgehead atoms. The molecule has 0 aliphatic heterocycles. The Morgan fingerprint density at radius 3 is 1.13 bits per heavy atom. The Hall–Kier alpha value is -1.29. The molecule has 0 aliphatic rings. The second-order valence-electron chi connectivity index (χ2n) is 5.23. The van der Waals surface area contributed by atoms with E-state index in [2.05, 4.69) is 24.3 Å². The maximum Gasteiger partial charge on any atom is 0.374 e. The van der Waals surface area contributed by atoms with Crippen molar-refractivity contribution in [1.82, 2.24) is 0 Å². The molecule has 0 N–H and O–H groups in total.